The minimum absolute atomic E-state index is 0.0549. The molecule has 0 unspecified atom stereocenters. The van der Waals surface area contributed by atoms with E-state index in [0.29, 0.717) is 16.8 Å². The minimum Gasteiger partial charge on any atom is -0.325 e. The highest BCUT2D eigenvalue weighted by atomic mass is 19.4. The number of carbonyl (C=O) groups is 2. The van der Waals surface area contributed by atoms with E-state index in [0.717, 1.165) is 22.9 Å². The molecule has 0 aliphatic carbocycles. The Hall–Kier alpha value is -4.54. The zero-order valence-corrected chi connectivity index (χ0v) is 18.7. The molecule has 0 aliphatic heterocycles. The van der Waals surface area contributed by atoms with Gasteiger partial charge in [0.1, 0.15) is 5.82 Å². The number of anilines is 2. The molecule has 4 rings (SSSR count). The van der Waals surface area contributed by atoms with Crippen molar-refractivity contribution in [3.63, 3.8) is 0 Å². The van der Waals surface area contributed by atoms with Crippen LogP contribution in [-0.4, -0.2) is 21.6 Å². The maximum absolute atomic E-state index is 13.8. The number of alkyl halides is 3. The molecule has 0 atom stereocenters. The number of benzene rings is 3. The Balaban J connectivity index is 1.58. The predicted molar refractivity (Wildman–Crippen MR) is 125 cm³/mol. The van der Waals surface area contributed by atoms with Crippen LogP contribution in [0.25, 0.3) is 10.8 Å². The average molecular weight is 498 g/mol. The summed E-state index contributed by atoms with van der Waals surface area (Å²) in [6, 6.07) is 13.9. The zero-order chi connectivity index (χ0) is 26.0. The van der Waals surface area contributed by atoms with E-state index in [1.165, 1.54) is 25.2 Å². The maximum Gasteiger partial charge on any atom is 0.418 e. The van der Waals surface area contributed by atoms with Crippen molar-refractivity contribution in [2.75, 3.05) is 10.6 Å². The molecule has 0 radical (unpaired) electrons. The third-order valence-electron chi connectivity index (χ3n) is 5.32. The minimum atomic E-state index is -4.85. The van der Waals surface area contributed by atoms with Gasteiger partial charge in [-0.1, -0.05) is 18.2 Å². The Kier molecular flexibility index (Phi) is 6.56. The third-order valence-corrected chi connectivity index (χ3v) is 5.32. The summed E-state index contributed by atoms with van der Waals surface area (Å²) in [6.45, 7) is 0. The summed E-state index contributed by atoms with van der Waals surface area (Å²) in [5.74, 6) is -2.07. The van der Waals surface area contributed by atoms with Crippen molar-refractivity contribution in [1.29, 1.82) is 0 Å². The second-order valence-electron chi connectivity index (χ2n) is 7.87. The van der Waals surface area contributed by atoms with Gasteiger partial charge in [-0.15, -0.1) is 0 Å². The van der Waals surface area contributed by atoms with Crippen LogP contribution < -0.4 is 16.2 Å². The lowest BCUT2D eigenvalue weighted by atomic mass is 10.1. The van der Waals surface area contributed by atoms with Crippen molar-refractivity contribution in [2.45, 2.75) is 12.6 Å². The van der Waals surface area contributed by atoms with Crippen molar-refractivity contribution in [2.24, 2.45) is 7.05 Å². The lowest BCUT2D eigenvalue weighted by Gasteiger charge is -2.16. The normalized spacial score (nSPS) is 11.4. The van der Waals surface area contributed by atoms with E-state index in [1.807, 2.05) is 0 Å². The van der Waals surface area contributed by atoms with Crippen molar-refractivity contribution in [1.82, 2.24) is 9.78 Å². The van der Waals surface area contributed by atoms with Crippen LogP contribution in [0.1, 0.15) is 21.6 Å². The number of nitrogens with zero attached hydrogens (tertiary/aromatic N) is 2. The lowest BCUT2D eigenvalue weighted by Crippen LogP contribution is -2.24. The Bertz CT molecular complexity index is 1530. The molecule has 184 valence electrons. The van der Waals surface area contributed by atoms with Gasteiger partial charge in [0, 0.05) is 23.7 Å². The number of nitrogens with one attached hydrogen (secondary N) is 2. The van der Waals surface area contributed by atoms with Gasteiger partial charge in [0.25, 0.3) is 11.5 Å². The van der Waals surface area contributed by atoms with Gasteiger partial charge in [-0.05, 0) is 48.5 Å². The van der Waals surface area contributed by atoms with Gasteiger partial charge in [0.15, 0.2) is 0 Å². The SMILES string of the molecule is Cn1nc(CC(=O)Nc2ccc(NC(=O)c3ccc(F)cc3)cc2C(F)(F)F)c2ccccc2c1=O. The van der Waals surface area contributed by atoms with Gasteiger partial charge < -0.3 is 10.6 Å². The van der Waals surface area contributed by atoms with E-state index in [1.54, 1.807) is 24.3 Å². The fourth-order valence-electron chi connectivity index (χ4n) is 3.62. The second kappa shape index (κ2) is 9.61. The van der Waals surface area contributed by atoms with Crippen molar-refractivity contribution >= 4 is 34.0 Å². The molecule has 36 heavy (non-hydrogen) atoms. The molecule has 0 saturated heterocycles. The van der Waals surface area contributed by atoms with E-state index in [9.17, 15) is 31.9 Å². The van der Waals surface area contributed by atoms with Crippen molar-refractivity contribution in [3.05, 3.63) is 99.7 Å². The summed E-state index contributed by atoms with van der Waals surface area (Å²) < 4.78 is 55.4. The van der Waals surface area contributed by atoms with Gasteiger partial charge in [-0.3, -0.25) is 14.4 Å². The number of hydrogen-bond acceptors (Lipinski definition) is 4. The highest BCUT2D eigenvalue weighted by molar-refractivity contribution is 6.04. The summed E-state index contributed by atoms with van der Waals surface area (Å²) in [7, 11) is 1.41. The molecular weight excluding hydrogens is 480 g/mol. The highest BCUT2D eigenvalue weighted by Crippen LogP contribution is 2.37. The second-order valence-corrected chi connectivity index (χ2v) is 7.87. The molecule has 0 bridgehead atoms. The molecule has 3 aromatic carbocycles. The summed E-state index contributed by atoms with van der Waals surface area (Å²) >= 11 is 0. The number of carbonyl (C=O) groups excluding carboxylic acids is 2. The monoisotopic (exact) mass is 498 g/mol. The molecule has 0 saturated carbocycles. The first kappa shape index (κ1) is 24.6. The van der Waals surface area contributed by atoms with E-state index < -0.39 is 35.1 Å². The topological polar surface area (TPSA) is 93.1 Å². The first-order valence-corrected chi connectivity index (χ1v) is 10.6. The molecule has 2 N–H and O–H groups in total. The molecule has 4 aromatic rings. The quantitative estimate of drug-likeness (QED) is 0.396. The van der Waals surface area contributed by atoms with Gasteiger partial charge in [0.05, 0.1) is 28.8 Å². The number of fused-ring (bicyclic) bond motifs is 1. The largest absolute Gasteiger partial charge is 0.418 e. The summed E-state index contributed by atoms with van der Waals surface area (Å²) in [5, 5.41) is 9.40. The van der Waals surface area contributed by atoms with Gasteiger partial charge >= 0.3 is 6.18 Å². The Labute approximate surface area is 201 Å². The molecule has 1 heterocycles. The molecule has 0 fully saturated rings. The average Bonchev–Trinajstić information content (AvgIpc) is 2.83. The van der Waals surface area contributed by atoms with Gasteiger partial charge in [-0.2, -0.15) is 18.3 Å². The van der Waals surface area contributed by atoms with Crippen LogP contribution >= 0.6 is 0 Å². The maximum atomic E-state index is 13.8. The zero-order valence-electron chi connectivity index (χ0n) is 18.7. The molecule has 1 aromatic heterocycles. The molecule has 7 nitrogen and oxygen atoms in total. The number of amides is 2. The first-order chi connectivity index (χ1) is 17.0. The van der Waals surface area contributed by atoms with Crippen molar-refractivity contribution in [3.8, 4) is 0 Å². The summed E-state index contributed by atoms with van der Waals surface area (Å²) in [4.78, 5) is 37.2. The highest BCUT2D eigenvalue weighted by Gasteiger charge is 2.34. The number of hydrogen-bond donors (Lipinski definition) is 2. The molecule has 11 heteroatoms. The van der Waals surface area contributed by atoms with E-state index >= 15 is 0 Å². The van der Waals surface area contributed by atoms with Crippen LogP contribution in [0.2, 0.25) is 0 Å². The van der Waals surface area contributed by atoms with Crippen LogP contribution in [0.3, 0.4) is 0 Å². The van der Waals surface area contributed by atoms with Gasteiger partial charge in [0.2, 0.25) is 5.91 Å². The van der Waals surface area contributed by atoms with Crippen molar-refractivity contribution < 1.29 is 27.2 Å². The lowest BCUT2D eigenvalue weighted by molar-refractivity contribution is -0.136. The number of aryl methyl sites for hydroxylation is 1. The fraction of sp³-hybridized carbons (Fsp3) is 0.120. The Morgan fingerprint density at radius 1 is 0.944 bits per heavy atom. The fourth-order valence-corrected chi connectivity index (χ4v) is 3.62. The molecule has 0 spiro atoms. The standard InChI is InChI=1S/C25H18F4N4O3/c1-33-24(36)18-5-3-2-4-17(18)21(32-33)13-22(34)31-20-11-10-16(12-19(20)25(27,28)29)30-23(35)14-6-8-15(26)9-7-14/h2-12H,13H2,1H3,(H,30,35)(H,31,34). The smallest absolute Gasteiger partial charge is 0.325 e. The van der Waals surface area contributed by atoms with E-state index in [2.05, 4.69) is 15.7 Å². The summed E-state index contributed by atoms with van der Waals surface area (Å²) in [5.41, 5.74) is -1.94. The summed E-state index contributed by atoms with van der Waals surface area (Å²) in [6.07, 6.45) is -5.23. The first-order valence-electron chi connectivity index (χ1n) is 10.6. The van der Waals surface area contributed by atoms with E-state index in [-0.39, 0.29) is 28.9 Å². The molecule has 0 aliphatic rings. The number of rotatable bonds is 5. The number of aromatic nitrogens is 2. The van der Waals surface area contributed by atoms with E-state index in [4.69, 9.17) is 0 Å². The van der Waals surface area contributed by atoms with Crippen LogP contribution in [0.5, 0.6) is 0 Å². The molecule has 2 amide bonds. The van der Waals surface area contributed by atoms with Crippen LogP contribution in [0.15, 0.2) is 71.5 Å². The molecular formula is C25H18F4N4O3. The predicted octanol–water partition coefficient (Wildman–Crippen LogP) is 4.52. The van der Waals surface area contributed by atoms with Gasteiger partial charge in [-0.25, -0.2) is 9.07 Å². The Morgan fingerprint density at radius 3 is 2.28 bits per heavy atom. The van der Waals surface area contributed by atoms with Crippen LogP contribution in [0, 0.1) is 5.82 Å². The van der Waals surface area contributed by atoms with Crippen LogP contribution in [0.4, 0.5) is 28.9 Å². The van der Waals surface area contributed by atoms with Crippen LogP contribution in [-0.2, 0) is 24.4 Å². The third kappa shape index (κ3) is 5.24. The Morgan fingerprint density at radius 2 is 1.61 bits per heavy atom. The number of halogens is 4.